The highest BCUT2D eigenvalue weighted by Gasteiger charge is 1.94. The van der Waals surface area contributed by atoms with E-state index in [4.69, 9.17) is 9.47 Å². The second-order valence-corrected chi connectivity index (χ2v) is 5.69. The van der Waals surface area contributed by atoms with Crippen LogP contribution < -0.4 is 4.74 Å². The Kier molecular flexibility index (Phi) is 8.36. The highest BCUT2D eigenvalue weighted by Crippen LogP contribution is 2.14. The van der Waals surface area contributed by atoms with Crippen molar-refractivity contribution in [2.75, 3.05) is 19.8 Å². The zero-order valence-electron chi connectivity index (χ0n) is 14.7. The number of phenols is 1. The molecule has 2 rings (SSSR count). The summed E-state index contributed by atoms with van der Waals surface area (Å²) in [6.45, 7) is 4.16. The predicted molar refractivity (Wildman–Crippen MR) is 104 cm³/mol. The Labute approximate surface area is 150 Å². The van der Waals surface area contributed by atoms with E-state index < -0.39 is 0 Å². The molecule has 0 radical (unpaired) electrons. The van der Waals surface area contributed by atoms with Crippen LogP contribution in [0.5, 0.6) is 11.5 Å². The zero-order valence-corrected chi connectivity index (χ0v) is 14.7. The molecule has 0 aliphatic carbocycles. The lowest BCUT2D eigenvalue weighted by Crippen LogP contribution is -2.07. The molecule has 0 unspecified atom stereocenters. The topological polar surface area (TPSA) is 38.7 Å². The van der Waals surface area contributed by atoms with E-state index in [-0.39, 0.29) is 5.75 Å². The molecule has 0 bridgehead atoms. The summed E-state index contributed by atoms with van der Waals surface area (Å²) in [5, 5.41) is 9.25. The molecule has 0 amide bonds. The average molecular weight is 338 g/mol. The molecule has 1 N–H and O–H groups in total. The lowest BCUT2D eigenvalue weighted by Gasteiger charge is -2.07. The Hall–Kier alpha value is -2.52. The Morgan fingerprint density at radius 3 is 2.00 bits per heavy atom. The summed E-state index contributed by atoms with van der Waals surface area (Å²) < 4.78 is 11.1. The van der Waals surface area contributed by atoms with Crippen LogP contribution in [0.1, 0.15) is 30.9 Å². The van der Waals surface area contributed by atoms with Gasteiger partial charge < -0.3 is 14.6 Å². The number of hydrogen-bond donors (Lipinski definition) is 1. The lowest BCUT2D eigenvalue weighted by atomic mass is 10.2. The molecule has 0 aliphatic heterocycles. The molecule has 0 heterocycles. The molecule has 0 saturated carbocycles. The number of rotatable bonds is 10. The third-order valence-corrected chi connectivity index (χ3v) is 3.60. The first-order valence-corrected chi connectivity index (χ1v) is 8.72. The van der Waals surface area contributed by atoms with Gasteiger partial charge in [0.2, 0.25) is 0 Å². The van der Waals surface area contributed by atoms with Gasteiger partial charge in [0.25, 0.3) is 0 Å². The SMILES string of the molecule is CCCCOCCOc1ccc(C=CC=Cc2ccc(O)cc2)cc1. The molecular formula is C22H26O3. The first-order chi connectivity index (χ1) is 12.3. The molecule has 0 saturated heterocycles. The van der Waals surface area contributed by atoms with Gasteiger partial charge in [-0.3, -0.25) is 0 Å². The van der Waals surface area contributed by atoms with Gasteiger partial charge >= 0.3 is 0 Å². The van der Waals surface area contributed by atoms with Gasteiger partial charge in [-0.25, -0.2) is 0 Å². The first kappa shape index (κ1) is 18.8. The average Bonchev–Trinajstić information content (AvgIpc) is 2.64. The summed E-state index contributed by atoms with van der Waals surface area (Å²) in [6.07, 6.45) is 10.2. The van der Waals surface area contributed by atoms with E-state index in [2.05, 4.69) is 6.92 Å². The maximum atomic E-state index is 9.25. The third kappa shape index (κ3) is 7.73. The molecule has 0 aromatic heterocycles. The minimum Gasteiger partial charge on any atom is -0.508 e. The van der Waals surface area contributed by atoms with Crippen molar-refractivity contribution in [1.29, 1.82) is 0 Å². The normalized spacial score (nSPS) is 11.4. The van der Waals surface area contributed by atoms with Gasteiger partial charge in [0.15, 0.2) is 0 Å². The molecule has 2 aromatic carbocycles. The van der Waals surface area contributed by atoms with Crippen molar-refractivity contribution in [2.45, 2.75) is 19.8 Å². The number of allylic oxidation sites excluding steroid dienone is 2. The third-order valence-electron chi connectivity index (χ3n) is 3.60. The summed E-state index contributed by atoms with van der Waals surface area (Å²) in [7, 11) is 0. The van der Waals surface area contributed by atoms with Crippen molar-refractivity contribution < 1.29 is 14.6 Å². The fraction of sp³-hybridized carbons (Fsp3) is 0.273. The van der Waals surface area contributed by atoms with E-state index in [9.17, 15) is 5.11 Å². The van der Waals surface area contributed by atoms with E-state index in [0.717, 1.165) is 36.3 Å². The quantitative estimate of drug-likeness (QED) is 0.471. The highest BCUT2D eigenvalue weighted by atomic mass is 16.5. The summed E-state index contributed by atoms with van der Waals surface area (Å²) >= 11 is 0. The fourth-order valence-corrected chi connectivity index (χ4v) is 2.16. The van der Waals surface area contributed by atoms with Crippen LogP contribution in [0.15, 0.2) is 60.7 Å². The summed E-state index contributed by atoms with van der Waals surface area (Å²) in [5.41, 5.74) is 2.16. The molecule has 25 heavy (non-hydrogen) atoms. The monoisotopic (exact) mass is 338 g/mol. The van der Waals surface area contributed by atoms with E-state index in [1.807, 2.05) is 60.7 Å². The van der Waals surface area contributed by atoms with E-state index in [1.165, 1.54) is 0 Å². The number of aromatic hydroxyl groups is 1. The Bertz CT molecular complexity index is 655. The Morgan fingerprint density at radius 1 is 0.800 bits per heavy atom. The lowest BCUT2D eigenvalue weighted by molar-refractivity contribution is 0.0980. The molecule has 0 spiro atoms. The van der Waals surface area contributed by atoms with Crippen LogP contribution >= 0.6 is 0 Å². The van der Waals surface area contributed by atoms with Gasteiger partial charge in [-0.1, -0.05) is 61.9 Å². The zero-order chi connectivity index (χ0) is 17.7. The highest BCUT2D eigenvalue weighted by molar-refractivity contribution is 5.57. The van der Waals surface area contributed by atoms with Crippen molar-refractivity contribution in [2.24, 2.45) is 0 Å². The van der Waals surface area contributed by atoms with E-state index >= 15 is 0 Å². The van der Waals surface area contributed by atoms with Gasteiger partial charge in [0.05, 0.1) is 6.61 Å². The van der Waals surface area contributed by atoms with Crippen molar-refractivity contribution in [3.63, 3.8) is 0 Å². The number of benzene rings is 2. The predicted octanol–water partition coefficient (Wildman–Crippen LogP) is 5.31. The van der Waals surface area contributed by atoms with Crippen molar-refractivity contribution in [3.05, 3.63) is 71.8 Å². The van der Waals surface area contributed by atoms with Gasteiger partial charge in [0.1, 0.15) is 18.1 Å². The molecule has 132 valence electrons. The van der Waals surface area contributed by atoms with Crippen LogP contribution in [0, 0.1) is 0 Å². The van der Waals surface area contributed by atoms with Crippen LogP contribution in [0.25, 0.3) is 12.2 Å². The summed E-state index contributed by atoms with van der Waals surface area (Å²) in [6, 6.07) is 15.1. The van der Waals surface area contributed by atoms with E-state index in [1.54, 1.807) is 12.1 Å². The maximum absolute atomic E-state index is 9.25. The summed E-state index contributed by atoms with van der Waals surface area (Å²) in [5.74, 6) is 1.14. The van der Waals surface area contributed by atoms with Crippen molar-refractivity contribution in [1.82, 2.24) is 0 Å². The molecule has 0 atom stereocenters. The maximum Gasteiger partial charge on any atom is 0.119 e. The largest absolute Gasteiger partial charge is 0.508 e. The molecule has 2 aromatic rings. The van der Waals surface area contributed by atoms with Gasteiger partial charge in [-0.05, 0) is 41.8 Å². The molecule has 0 aliphatic rings. The molecule has 3 nitrogen and oxygen atoms in total. The standard InChI is InChI=1S/C22H26O3/c1-2-3-16-24-17-18-25-22-14-10-20(11-15-22)7-5-4-6-19-8-12-21(23)13-9-19/h4-15,23H,2-3,16-18H2,1H3. The second kappa shape index (κ2) is 11.1. The molecule has 3 heteroatoms. The van der Waals surface area contributed by atoms with Crippen LogP contribution in [0.4, 0.5) is 0 Å². The Balaban J connectivity index is 1.73. The number of ether oxygens (including phenoxy) is 2. The Morgan fingerprint density at radius 2 is 1.40 bits per heavy atom. The number of hydrogen-bond acceptors (Lipinski definition) is 3. The van der Waals surface area contributed by atoms with Crippen LogP contribution in [-0.2, 0) is 4.74 Å². The second-order valence-electron chi connectivity index (χ2n) is 5.69. The van der Waals surface area contributed by atoms with E-state index in [0.29, 0.717) is 13.2 Å². The molecule has 0 fully saturated rings. The van der Waals surface area contributed by atoms with Crippen LogP contribution in [0.3, 0.4) is 0 Å². The molecular weight excluding hydrogens is 312 g/mol. The minimum atomic E-state index is 0.280. The number of phenolic OH excluding ortho intramolecular Hbond substituents is 1. The van der Waals surface area contributed by atoms with Crippen LogP contribution in [0.2, 0.25) is 0 Å². The fourth-order valence-electron chi connectivity index (χ4n) is 2.16. The van der Waals surface area contributed by atoms with Gasteiger partial charge in [-0.15, -0.1) is 0 Å². The number of unbranched alkanes of at least 4 members (excludes halogenated alkanes) is 1. The smallest absolute Gasteiger partial charge is 0.119 e. The minimum absolute atomic E-state index is 0.280. The van der Waals surface area contributed by atoms with Gasteiger partial charge in [-0.2, -0.15) is 0 Å². The first-order valence-electron chi connectivity index (χ1n) is 8.72. The van der Waals surface area contributed by atoms with Crippen LogP contribution in [-0.4, -0.2) is 24.9 Å². The summed E-state index contributed by atoms with van der Waals surface area (Å²) in [4.78, 5) is 0. The van der Waals surface area contributed by atoms with Crippen molar-refractivity contribution in [3.8, 4) is 11.5 Å². The van der Waals surface area contributed by atoms with Crippen molar-refractivity contribution >= 4 is 12.2 Å². The van der Waals surface area contributed by atoms with Gasteiger partial charge in [0, 0.05) is 6.61 Å².